The van der Waals surface area contributed by atoms with E-state index in [9.17, 15) is 9.59 Å². The van der Waals surface area contributed by atoms with Crippen molar-refractivity contribution in [2.45, 2.75) is 28.9 Å². The quantitative estimate of drug-likeness (QED) is 0.562. The lowest BCUT2D eigenvalue weighted by Crippen LogP contribution is -2.09. The van der Waals surface area contributed by atoms with Gasteiger partial charge in [-0.1, -0.05) is 48.7 Å². The van der Waals surface area contributed by atoms with Gasteiger partial charge in [0.05, 0.1) is 5.75 Å². The number of aromatic nitrogens is 2. The molecule has 122 valence electrons. The van der Waals surface area contributed by atoms with Crippen LogP contribution in [0.2, 0.25) is 0 Å². The highest BCUT2D eigenvalue weighted by Crippen LogP contribution is 2.28. The van der Waals surface area contributed by atoms with Gasteiger partial charge in [0.2, 0.25) is 5.91 Å². The summed E-state index contributed by atoms with van der Waals surface area (Å²) in [6, 6.07) is 6.94. The van der Waals surface area contributed by atoms with Crippen molar-refractivity contribution in [1.29, 1.82) is 0 Å². The zero-order valence-electron chi connectivity index (χ0n) is 12.9. The minimum Gasteiger partial charge on any atom is -0.326 e. The van der Waals surface area contributed by atoms with Crippen LogP contribution in [0.25, 0.3) is 0 Å². The summed E-state index contributed by atoms with van der Waals surface area (Å²) >= 11 is 4.56. The van der Waals surface area contributed by atoms with Crippen molar-refractivity contribution in [2.24, 2.45) is 0 Å². The van der Waals surface area contributed by atoms with Gasteiger partial charge in [-0.25, -0.2) is 0 Å². The largest absolute Gasteiger partial charge is 0.326 e. The first-order valence-electron chi connectivity index (χ1n) is 7.14. The molecule has 8 heteroatoms. The number of carbonyl (C=O) groups is 2. The van der Waals surface area contributed by atoms with E-state index in [1.807, 2.05) is 0 Å². The molecule has 0 fully saturated rings. The van der Waals surface area contributed by atoms with E-state index in [2.05, 4.69) is 22.4 Å². The smallest absolute Gasteiger partial charge is 0.224 e. The fourth-order valence-corrected chi connectivity index (χ4v) is 4.45. The van der Waals surface area contributed by atoms with Crippen molar-refractivity contribution < 1.29 is 9.59 Å². The maximum atomic E-state index is 12.2. The Kier molecular flexibility index (Phi) is 7.07. The van der Waals surface area contributed by atoms with Crippen molar-refractivity contribution in [3.05, 3.63) is 29.8 Å². The second-order valence-electron chi connectivity index (χ2n) is 4.46. The minimum absolute atomic E-state index is 0.0308. The molecule has 2 rings (SSSR count). The van der Waals surface area contributed by atoms with Crippen LogP contribution in [0.1, 0.15) is 30.6 Å². The maximum Gasteiger partial charge on any atom is 0.224 e. The number of thioether (sulfide) groups is 2. The SMILES string of the molecule is CCSc1nnc(SCC(=O)c2ccc(NC(=O)CC)cc2)s1. The number of nitrogens with zero attached hydrogens (tertiary/aromatic N) is 2. The van der Waals surface area contributed by atoms with Crippen LogP contribution in [-0.4, -0.2) is 33.4 Å². The fourth-order valence-electron chi connectivity index (χ4n) is 1.64. The van der Waals surface area contributed by atoms with Crippen LogP contribution in [0.4, 0.5) is 5.69 Å². The zero-order chi connectivity index (χ0) is 16.7. The van der Waals surface area contributed by atoms with E-state index in [0.29, 0.717) is 23.4 Å². The van der Waals surface area contributed by atoms with E-state index in [4.69, 9.17) is 0 Å². The summed E-state index contributed by atoms with van der Waals surface area (Å²) in [5.41, 5.74) is 1.33. The molecule has 1 amide bonds. The Labute approximate surface area is 147 Å². The van der Waals surface area contributed by atoms with Gasteiger partial charge in [0.15, 0.2) is 14.5 Å². The molecule has 1 heterocycles. The highest BCUT2D eigenvalue weighted by atomic mass is 32.2. The molecule has 2 aromatic rings. The van der Waals surface area contributed by atoms with Crippen molar-refractivity contribution in [1.82, 2.24) is 10.2 Å². The van der Waals surface area contributed by atoms with E-state index in [0.717, 1.165) is 14.4 Å². The number of anilines is 1. The van der Waals surface area contributed by atoms with Crippen molar-refractivity contribution >= 4 is 52.2 Å². The van der Waals surface area contributed by atoms with E-state index in [1.165, 1.54) is 23.1 Å². The third-order valence-electron chi connectivity index (χ3n) is 2.79. The molecule has 23 heavy (non-hydrogen) atoms. The van der Waals surface area contributed by atoms with Gasteiger partial charge < -0.3 is 5.32 Å². The third-order valence-corrected chi connectivity index (χ3v) is 5.87. The van der Waals surface area contributed by atoms with Gasteiger partial charge in [-0.15, -0.1) is 10.2 Å². The molecule has 0 atom stereocenters. The number of rotatable bonds is 8. The van der Waals surface area contributed by atoms with Gasteiger partial charge in [0.25, 0.3) is 0 Å². The highest BCUT2D eigenvalue weighted by Gasteiger charge is 2.10. The highest BCUT2D eigenvalue weighted by molar-refractivity contribution is 8.03. The molecule has 0 saturated heterocycles. The van der Waals surface area contributed by atoms with E-state index in [-0.39, 0.29) is 11.7 Å². The zero-order valence-corrected chi connectivity index (χ0v) is 15.3. The number of benzene rings is 1. The Hall–Kier alpha value is -1.38. The molecule has 0 saturated carbocycles. The summed E-state index contributed by atoms with van der Waals surface area (Å²) in [6.07, 6.45) is 0.428. The molecular weight excluding hydrogens is 350 g/mol. The summed E-state index contributed by atoms with van der Waals surface area (Å²) in [5, 5.41) is 10.9. The lowest BCUT2D eigenvalue weighted by atomic mass is 10.1. The molecule has 0 bridgehead atoms. The third kappa shape index (κ3) is 5.63. The lowest BCUT2D eigenvalue weighted by molar-refractivity contribution is -0.115. The van der Waals surface area contributed by atoms with Crippen LogP contribution in [-0.2, 0) is 4.79 Å². The van der Waals surface area contributed by atoms with Crippen molar-refractivity contribution in [2.75, 3.05) is 16.8 Å². The van der Waals surface area contributed by atoms with Crippen molar-refractivity contribution in [3.8, 4) is 0 Å². The average Bonchev–Trinajstić information content (AvgIpc) is 3.01. The lowest BCUT2D eigenvalue weighted by Gasteiger charge is -2.04. The van der Waals surface area contributed by atoms with Crippen LogP contribution < -0.4 is 5.32 Å². The Morgan fingerprint density at radius 1 is 1.09 bits per heavy atom. The van der Waals surface area contributed by atoms with Gasteiger partial charge in [0.1, 0.15) is 0 Å². The van der Waals surface area contributed by atoms with E-state index in [1.54, 1.807) is 43.0 Å². The summed E-state index contributed by atoms with van der Waals surface area (Å²) in [4.78, 5) is 23.5. The number of amides is 1. The Balaban J connectivity index is 1.88. The van der Waals surface area contributed by atoms with E-state index >= 15 is 0 Å². The summed E-state index contributed by atoms with van der Waals surface area (Å²) in [7, 11) is 0. The number of nitrogens with one attached hydrogen (secondary N) is 1. The number of carbonyl (C=O) groups excluding carboxylic acids is 2. The molecular formula is C15H17N3O2S3. The molecule has 0 aliphatic rings. The van der Waals surface area contributed by atoms with Gasteiger partial charge in [0, 0.05) is 17.7 Å². The fraction of sp³-hybridized carbons (Fsp3) is 0.333. The normalized spacial score (nSPS) is 10.5. The van der Waals surface area contributed by atoms with Crippen LogP contribution in [0.5, 0.6) is 0 Å². The predicted molar refractivity (Wildman–Crippen MR) is 96.7 cm³/mol. The summed E-state index contributed by atoms with van der Waals surface area (Å²) in [6.45, 7) is 3.86. The Bertz CT molecular complexity index is 671. The van der Waals surface area contributed by atoms with E-state index < -0.39 is 0 Å². The van der Waals surface area contributed by atoms with Gasteiger partial charge >= 0.3 is 0 Å². The van der Waals surface area contributed by atoms with Gasteiger partial charge in [-0.05, 0) is 30.0 Å². The number of hydrogen-bond donors (Lipinski definition) is 1. The topological polar surface area (TPSA) is 72.0 Å². The summed E-state index contributed by atoms with van der Waals surface area (Å²) < 4.78 is 1.74. The molecule has 0 unspecified atom stereocenters. The molecule has 0 aliphatic carbocycles. The molecule has 0 radical (unpaired) electrons. The predicted octanol–water partition coefficient (Wildman–Crippen LogP) is 3.97. The van der Waals surface area contributed by atoms with Gasteiger partial charge in [-0.3, -0.25) is 9.59 Å². The number of Topliss-reactive ketones (excluding diaryl/α,β-unsaturated/α-hetero) is 1. The second-order valence-corrected chi connectivity index (χ2v) is 8.17. The number of ketones is 1. The second kappa shape index (κ2) is 9.05. The van der Waals surface area contributed by atoms with Crippen LogP contribution in [0, 0.1) is 0 Å². The number of hydrogen-bond acceptors (Lipinski definition) is 7. The Morgan fingerprint density at radius 3 is 2.35 bits per heavy atom. The standard InChI is InChI=1S/C15H17N3O2S3/c1-3-13(20)16-11-7-5-10(6-8-11)12(19)9-22-15-18-17-14(23-15)21-4-2/h5-8H,3-4,9H2,1-2H3,(H,16,20). The van der Waals surface area contributed by atoms with Crippen LogP contribution >= 0.6 is 34.9 Å². The monoisotopic (exact) mass is 367 g/mol. The molecule has 0 spiro atoms. The molecule has 1 aromatic heterocycles. The maximum absolute atomic E-state index is 12.2. The molecule has 1 aromatic carbocycles. The molecule has 1 N–H and O–H groups in total. The van der Waals surface area contributed by atoms with Crippen LogP contribution in [0.15, 0.2) is 32.9 Å². The first-order valence-corrected chi connectivity index (χ1v) is 9.93. The average molecular weight is 368 g/mol. The first-order chi connectivity index (χ1) is 11.1. The first kappa shape index (κ1) is 18.0. The molecule has 5 nitrogen and oxygen atoms in total. The van der Waals surface area contributed by atoms with Gasteiger partial charge in [-0.2, -0.15) is 0 Å². The summed E-state index contributed by atoms with van der Waals surface area (Å²) in [5.74, 6) is 1.27. The van der Waals surface area contributed by atoms with Crippen LogP contribution in [0.3, 0.4) is 0 Å². The minimum atomic E-state index is -0.0448. The molecule has 0 aliphatic heterocycles. The van der Waals surface area contributed by atoms with Crippen molar-refractivity contribution in [3.63, 3.8) is 0 Å². The Morgan fingerprint density at radius 2 is 1.74 bits per heavy atom.